The van der Waals surface area contributed by atoms with Crippen LogP contribution in [0.2, 0.25) is 0 Å². The predicted molar refractivity (Wildman–Crippen MR) is 146 cm³/mol. The number of piperidine rings is 2. The Bertz CT molecular complexity index is 817. The number of alkyl halides is 1. The highest BCUT2D eigenvalue weighted by molar-refractivity contribution is 5.80. The first-order valence-corrected chi connectivity index (χ1v) is 15.2. The van der Waals surface area contributed by atoms with Gasteiger partial charge in [0, 0.05) is 44.2 Å². The molecule has 7 N–H and O–H groups in total. The van der Waals surface area contributed by atoms with Crippen molar-refractivity contribution < 1.29 is 18.7 Å². The maximum absolute atomic E-state index is 14.4. The second-order valence-corrected chi connectivity index (χ2v) is 12.2. The van der Waals surface area contributed by atoms with Crippen molar-refractivity contribution in [2.75, 3.05) is 59.2 Å². The lowest BCUT2D eigenvalue weighted by Crippen LogP contribution is -2.69. The van der Waals surface area contributed by atoms with Crippen LogP contribution < -0.4 is 27.4 Å². The van der Waals surface area contributed by atoms with Crippen LogP contribution in [0.25, 0.3) is 0 Å². The summed E-state index contributed by atoms with van der Waals surface area (Å²) in [7, 11) is 0. The molecule has 0 aromatic rings. The zero-order valence-corrected chi connectivity index (χ0v) is 23.2. The zero-order chi connectivity index (χ0) is 27.4. The van der Waals surface area contributed by atoms with Crippen molar-refractivity contribution in [2.45, 2.75) is 88.0 Å². The fourth-order valence-corrected chi connectivity index (χ4v) is 7.46. The van der Waals surface area contributed by atoms with Crippen molar-refractivity contribution >= 4 is 11.8 Å². The standard InChI is InChI=1S/C27H49FN8O3/c28-19-14-32-25(36(16-19)20-4-1-2-5-20)23(24(29)30)26(37)33-21-15-31-9-6-22(21)34-11-7-18(8-12-34)27(38)35-10-3-13-39-17-35/h18-25,31-32H,1-17,29-30H2,(H,33,37). The summed E-state index contributed by atoms with van der Waals surface area (Å²) in [6, 6.07) is 0.340. The molecule has 5 unspecified atom stereocenters. The molecule has 5 fully saturated rings. The number of nitrogens with two attached hydrogens (primary N) is 2. The third-order valence-electron chi connectivity index (χ3n) is 9.56. The van der Waals surface area contributed by atoms with Gasteiger partial charge >= 0.3 is 0 Å². The molecule has 4 saturated heterocycles. The molecule has 11 nitrogen and oxygen atoms in total. The van der Waals surface area contributed by atoms with Gasteiger partial charge in [-0.25, -0.2) is 4.39 Å². The average molecular weight is 553 g/mol. The molecule has 0 aromatic heterocycles. The molecular formula is C27H49FN8O3. The Balaban J connectivity index is 1.21. The number of hydrogen-bond acceptors (Lipinski definition) is 9. The maximum atomic E-state index is 14.4. The second-order valence-electron chi connectivity index (χ2n) is 12.2. The first kappa shape index (κ1) is 29.1. The Hall–Kier alpha value is -1.41. The number of halogens is 1. The van der Waals surface area contributed by atoms with E-state index in [-0.39, 0.29) is 48.6 Å². The molecule has 0 radical (unpaired) electrons. The first-order chi connectivity index (χ1) is 18.9. The maximum Gasteiger partial charge on any atom is 0.229 e. The fourth-order valence-electron chi connectivity index (χ4n) is 7.46. The number of ether oxygens (including phenoxy) is 1. The molecule has 2 amide bonds. The van der Waals surface area contributed by atoms with Gasteiger partial charge in [0.25, 0.3) is 0 Å². The summed E-state index contributed by atoms with van der Waals surface area (Å²) in [6.45, 7) is 5.66. The topological polar surface area (TPSA) is 141 Å². The second kappa shape index (κ2) is 13.5. The summed E-state index contributed by atoms with van der Waals surface area (Å²) in [6.07, 6.45) is 5.52. The quantitative estimate of drug-likeness (QED) is 0.255. The monoisotopic (exact) mass is 552 g/mol. The van der Waals surface area contributed by atoms with Crippen LogP contribution in [-0.4, -0.2) is 122 Å². The first-order valence-electron chi connectivity index (χ1n) is 15.2. The summed E-state index contributed by atoms with van der Waals surface area (Å²) in [4.78, 5) is 33.2. The average Bonchev–Trinajstić information content (AvgIpc) is 3.49. The normalized spacial score (nSPS) is 33.4. The number of carbonyl (C=O) groups is 2. The highest BCUT2D eigenvalue weighted by Gasteiger charge is 2.44. The Labute approximate surface area is 231 Å². The molecule has 39 heavy (non-hydrogen) atoms. The predicted octanol–water partition coefficient (Wildman–Crippen LogP) is -0.877. The lowest BCUT2D eigenvalue weighted by Gasteiger charge is -2.47. The minimum Gasteiger partial charge on any atom is -0.361 e. The molecule has 4 aliphatic heterocycles. The van der Waals surface area contributed by atoms with Gasteiger partial charge in [0.05, 0.1) is 30.9 Å². The third-order valence-corrected chi connectivity index (χ3v) is 9.56. The molecule has 0 spiro atoms. The zero-order valence-electron chi connectivity index (χ0n) is 23.2. The van der Waals surface area contributed by atoms with Gasteiger partial charge in [-0.2, -0.15) is 0 Å². The summed E-state index contributed by atoms with van der Waals surface area (Å²) < 4.78 is 19.9. The van der Waals surface area contributed by atoms with Gasteiger partial charge in [0.15, 0.2) is 0 Å². The van der Waals surface area contributed by atoms with E-state index >= 15 is 0 Å². The van der Waals surface area contributed by atoms with Crippen LogP contribution in [0.15, 0.2) is 0 Å². The van der Waals surface area contributed by atoms with Crippen molar-refractivity contribution in [3.05, 3.63) is 0 Å². The molecule has 0 aromatic carbocycles. The molecule has 4 heterocycles. The smallest absolute Gasteiger partial charge is 0.229 e. The highest BCUT2D eigenvalue weighted by atomic mass is 19.1. The van der Waals surface area contributed by atoms with Crippen molar-refractivity contribution in [1.82, 2.24) is 30.7 Å². The van der Waals surface area contributed by atoms with Crippen molar-refractivity contribution in [3.8, 4) is 0 Å². The Kier molecular flexibility index (Phi) is 10.1. The number of likely N-dealkylation sites (tertiary alicyclic amines) is 1. The van der Waals surface area contributed by atoms with E-state index in [9.17, 15) is 14.0 Å². The van der Waals surface area contributed by atoms with Crippen molar-refractivity contribution in [3.63, 3.8) is 0 Å². The largest absolute Gasteiger partial charge is 0.361 e. The number of nitrogens with one attached hydrogen (secondary N) is 3. The summed E-state index contributed by atoms with van der Waals surface area (Å²) in [5.41, 5.74) is 12.5. The molecular weight excluding hydrogens is 503 g/mol. The lowest BCUT2D eigenvalue weighted by molar-refractivity contribution is -0.146. The van der Waals surface area contributed by atoms with Gasteiger partial charge in [-0.1, -0.05) is 12.8 Å². The number of hydrogen-bond donors (Lipinski definition) is 5. The summed E-state index contributed by atoms with van der Waals surface area (Å²) in [5.74, 6) is -0.602. The molecule has 1 aliphatic carbocycles. The van der Waals surface area contributed by atoms with Gasteiger partial charge in [-0.05, 0) is 58.2 Å². The molecule has 1 saturated carbocycles. The molecule has 222 valence electrons. The van der Waals surface area contributed by atoms with E-state index in [1.165, 1.54) is 0 Å². The molecule has 5 aliphatic rings. The Morgan fingerprint density at radius 1 is 1.00 bits per heavy atom. The van der Waals surface area contributed by atoms with Gasteiger partial charge in [0.1, 0.15) is 12.9 Å². The number of amides is 2. The number of rotatable bonds is 7. The summed E-state index contributed by atoms with van der Waals surface area (Å²) >= 11 is 0. The van der Waals surface area contributed by atoms with Crippen LogP contribution in [0.1, 0.15) is 51.4 Å². The van der Waals surface area contributed by atoms with E-state index in [2.05, 4.69) is 25.8 Å². The minimum absolute atomic E-state index is 0.0376. The highest BCUT2D eigenvalue weighted by Crippen LogP contribution is 2.30. The fraction of sp³-hybridized carbons (Fsp3) is 0.926. The summed E-state index contributed by atoms with van der Waals surface area (Å²) in [5, 5.41) is 10.0. The van der Waals surface area contributed by atoms with Crippen LogP contribution in [0.3, 0.4) is 0 Å². The van der Waals surface area contributed by atoms with E-state index in [4.69, 9.17) is 16.2 Å². The number of nitrogens with zero attached hydrogens (tertiary/aromatic N) is 3. The van der Waals surface area contributed by atoms with Gasteiger partial charge in [-0.3, -0.25) is 24.7 Å². The van der Waals surface area contributed by atoms with E-state index in [1.807, 2.05) is 4.90 Å². The van der Waals surface area contributed by atoms with Crippen molar-refractivity contribution in [2.24, 2.45) is 23.3 Å². The Morgan fingerprint density at radius 3 is 2.46 bits per heavy atom. The van der Waals surface area contributed by atoms with E-state index in [0.29, 0.717) is 19.8 Å². The molecule has 5 atom stereocenters. The van der Waals surface area contributed by atoms with Crippen LogP contribution in [0.4, 0.5) is 4.39 Å². The van der Waals surface area contributed by atoms with Crippen molar-refractivity contribution in [1.29, 1.82) is 0 Å². The van der Waals surface area contributed by atoms with Crippen LogP contribution in [-0.2, 0) is 14.3 Å². The van der Waals surface area contributed by atoms with Crippen LogP contribution in [0, 0.1) is 11.8 Å². The van der Waals surface area contributed by atoms with Gasteiger partial charge < -0.3 is 31.7 Å². The third kappa shape index (κ3) is 6.91. The molecule has 5 rings (SSSR count). The molecule has 0 bridgehead atoms. The van der Waals surface area contributed by atoms with Gasteiger partial charge in [-0.15, -0.1) is 0 Å². The van der Waals surface area contributed by atoms with Gasteiger partial charge in [0.2, 0.25) is 11.8 Å². The minimum atomic E-state index is -0.969. The van der Waals surface area contributed by atoms with E-state index in [1.54, 1.807) is 0 Å². The van der Waals surface area contributed by atoms with Crippen LogP contribution in [0.5, 0.6) is 0 Å². The van der Waals surface area contributed by atoms with E-state index < -0.39 is 18.3 Å². The number of carbonyl (C=O) groups excluding carboxylic acids is 2. The Morgan fingerprint density at radius 2 is 1.77 bits per heavy atom. The van der Waals surface area contributed by atoms with E-state index in [0.717, 1.165) is 84.2 Å². The molecule has 12 heteroatoms. The SMILES string of the molecule is NC(N)C(C(=O)NC1CNCCC1N1CCC(C(=O)N2CCCOC2)CC1)C1NCC(F)CN1C1CCCC1. The van der Waals surface area contributed by atoms with Crippen LogP contribution >= 0.6 is 0 Å². The lowest BCUT2D eigenvalue weighted by atomic mass is 9.90.